The smallest absolute Gasteiger partial charge is 0.251 e. The van der Waals surface area contributed by atoms with Crippen LogP contribution in [0.2, 0.25) is 5.15 Å². The van der Waals surface area contributed by atoms with E-state index in [4.69, 9.17) is 11.6 Å². The number of aromatic nitrogens is 2. The minimum Gasteiger partial charge on any atom is -0.370 e. The van der Waals surface area contributed by atoms with E-state index in [9.17, 15) is 4.79 Å². The number of hydrogen-bond donors (Lipinski definition) is 2. The lowest BCUT2D eigenvalue weighted by atomic mass is 10.2. The summed E-state index contributed by atoms with van der Waals surface area (Å²) in [5.74, 6) is 0.400. The van der Waals surface area contributed by atoms with Gasteiger partial charge in [-0.25, -0.2) is 9.97 Å². The van der Waals surface area contributed by atoms with Crippen LogP contribution in [0.4, 0.5) is 5.82 Å². The molecular weight excluding hydrogens is 296 g/mol. The molecule has 20 heavy (non-hydrogen) atoms. The molecule has 0 spiro atoms. The number of halogens is 1. The Kier molecular flexibility index (Phi) is 4.92. The van der Waals surface area contributed by atoms with Gasteiger partial charge in [-0.1, -0.05) is 11.6 Å². The third-order valence-electron chi connectivity index (χ3n) is 2.48. The van der Waals surface area contributed by atoms with Gasteiger partial charge in [0.25, 0.3) is 5.91 Å². The lowest BCUT2D eigenvalue weighted by Gasteiger charge is -2.07. The lowest BCUT2D eigenvalue weighted by Crippen LogP contribution is -2.23. The highest BCUT2D eigenvalue weighted by Crippen LogP contribution is 2.15. The molecule has 0 aliphatic rings. The maximum absolute atomic E-state index is 12.1. The van der Waals surface area contributed by atoms with Crippen LogP contribution >= 0.6 is 22.9 Å². The summed E-state index contributed by atoms with van der Waals surface area (Å²) in [7, 11) is 0. The molecule has 0 atom stereocenters. The zero-order valence-corrected chi connectivity index (χ0v) is 12.8. The molecule has 7 heteroatoms. The van der Waals surface area contributed by atoms with Gasteiger partial charge in [0.05, 0.1) is 6.54 Å². The van der Waals surface area contributed by atoms with Crippen LogP contribution in [-0.2, 0) is 6.54 Å². The molecule has 5 nitrogen and oxygen atoms in total. The quantitative estimate of drug-likeness (QED) is 0.833. The zero-order valence-electron chi connectivity index (χ0n) is 11.2. The Morgan fingerprint density at radius 3 is 2.90 bits per heavy atom. The Hall–Kier alpha value is -1.66. The molecule has 0 aromatic carbocycles. The number of nitrogens with one attached hydrogen (secondary N) is 2. The van der Waals surface area contributed by atoms with Crippen molar-refractivity contribution >= 4 is 34.7 Å². The Labute approximate surface area is 126 Å². The zero-order chi connectivity index (χ0) is 14.5. The van der Waals surface area contributed by atoms with Crippen molar-refractivity contribution in [1.82, 2.24) is 15.3 Å². The van der Waals surface area contributed by atoms with E-state index in [2.05, 4.69) is 20.6 Å². The fourth-order valence-corrected chi connectivity index (χ4v) is 2.58. The molecule has 2 rings (SSSR count). The highest BCUT2D eigenvalue weighted by molar-refractivity contribution is 7.11. The molecule has 0 saturated carbocycles. The van der Waals surface area contributed by atoms with Crippen molar-refractivity contribution in [2.75, 3.05) is 11.9 Å². The molecule has 0 aliphatic heterocycles. The molecule has 2 aromatic heterocycles. The monoisotopic (exact) mass is 310 g/mol. The van der Waals surface area contributed by atoms with Gasteiger partial charge in [0.1, 0.15) is 16.0 Å². The van der Waals surface area contributed by atoms with Crippen molar-refractivity contribution in [3.63, 3.8) is 0 Å². The van der Waals surface area contributed by atoms with Crippen molar-refractivity contribution in [2.45, 2.75) is 20.4 Å². The van der Waals surface area contributed by atoms with E-state index in [0.29, 0.717) is 29.6 Å². The minimum absolute atomic E-state index is 0.193. The van der Waals surface area contributed by atoms with Crippen LogP contribution in [0, 0.1) is 6.92 Å². The molecule has 0 aliphatic carbocycles. The van der Waals surface area contributed by atoms with E-state index in [1.807, 2.05) is 13.8 Å². The summed E-state index contributed by atoms with van der Waals surface area (Å²) < 4.78 is 0. The van der Waals surface area contributed by atoms with E-state index in [1.165, 1.54) is 0 Å². The van der Waals surface area contributed by atoms with Gasteiger partial charge in [-0.3, -0.25) is 4.79 Å². The fraction of sp³-hybridized carbons (Fsp3) is 0.308. The van der Waals surface area contributed by atoms with Crippen molar-refractivity contribution < 1.29 is 4.79 Å². The van der Waals surface area contributed by atoms with Crippen molar-refractivity contribution in [1.29, 1.82) is 0 Å². The first kappa shape index (κ1) is 14.7. The number of carbonyl (C=O) groups is 1. The first-order valence-electron chi connectivity index (χ1n) is 6.19. The predicted molar refractivity (Wildman–Crippen MR) is 81.4 cm³/mol. The number of carbonyl (C=O) groups excluding carboxylic acids is 1. The van der Waals surface area contributed by atoms with E-state index in [0.717, 1.165) is 9.88 Å². The van der Waals surface area contributed by atoms with Crippen LogP contribution in [0.25, 0.3) is 0 Å². The van der Waals surface area contributed by atoms with Gasteiger partial charge < -0.3 is 10.6 Å². The number of anilines is 1. The van der Waals surface area contributed by atoms with Crippen molar-refractivity contribution in [3.8, 4) is 0 Å². The number of amides is 1. The normalized spacial score (nSPS) is 10.3. The van der Waals surface area contributed by atoms with Crippen LogP contribution in [0.15, 0.2) is 18.3 Å². The Morgan fingerprint density at radius 1 is 1.45 bits per heavy atom. The Morgan fingerprint density at radius 2 is 2.25 bits per heavy atom. The SMILES string of the molecule is CCNc1cc(C(=O)NCc2ncc(C)s2)cc(Cl)n1. The second-order valence-corrected chi connectivity index (χ2v) is 5.85. The van der Waals surface area contributed by atoms with E-state index < -0.39 is 0 Å². The van der Waals surface area contributed by atoms with Gasteiger partial charge in [0.2, 0.25) is 0 Å². The topological polar surface area (TPSA) is 66.9 Å². The number of hydrogen-bond acceptors (Lipinski definition) is 5. The van der Waals surface area contributed by atoms with Gasteiger partial charge in [-0.2, -0.15) is 0 Å². The van der Waals surface area contributed by atoms with Gasteiger partial charge in [0.15, 0.2) is 0 Å². The van der Waals surface area contributed by atoms with Crippen LogP contribution in [0.5, 0.6) is 0 Å². The van der Waals surface area contributed by atoms with Crippen molar-refractivity contribution in [3.05, 3.63) is 38.9 Å². The summed E-state index contributed by atoms with van der Waals surface area (Å²) in [5.41, 5.74) is 0.481. The Balaban J connectivity index is 2.04. The molecule has 0 unspecified atom stereocenters. The molecule has 2 N–H and O–H groups in total. The van der Waals surface area contributed by atoms with Crippen LogP contribution < -0.4 is 10.6 Å². The van der Waals surface area contributed by atoms with Crippen LogP contribution in [0.3, 0.4) is 0 Å². The molecule has 2 aromatic rings. The standard InChI is InChI=1S/C13H15ClN4OS/c1-3-15-11-5-9(4-10(14)18-11)13(19)17-7-12-16-6-8(2)20-12/h4-6H,3,7H2,1-2H3,(H,15,18)(H,17,19). The predicted octanol–water partition coefficient (Wildman–Crippen LogP) is 2.86. The van der Waals surface area contributed by atoms with Crippen LogP contribution in [-0.4, -0.2) is 22.4 Å². The maximum atomic E-state index is 12.1. The summed E-state index contributed by atoms with van der Waals surface area (Å²) in [6, 6.07) is 3.22. The minimum atomic E-state index is -0.193. The lowest BCUT2D eigenvalue weighted by molar-refractivity contribution is 0.0951. The molecule has 2 heterocycles. The van der Waals surface area contributed by atoms with E-state index in [1.54, 1.807) is 29.7 Å². The average molecular weight is 311 g/mol. The molecule has 1 amide bonds. The van der Waals surface area contributed by atoms with Gasteiger partial charge in [0, 0.05) is 23.2 Å². The van der Waals surface area contributed by atoms with Gasteiger partial charge >= 0.3 is 0 Å². The van der Waals surface area contributed by atoms with Gasteiger partial charge in [-0.05, 0) is 26.0 Å². The third-order valence-corrected chi connectivity index (χ3v) is 3.59. The molecule has 106 valence electrons. The summed E-state index contributed by atoms with van der Waals surface area (Å²) >= 11 is 7.47. The highest BCUT2D eigenvalue weighted by Gasteiger charge is 2.10. The number of rotatable bonds is 5. The summed E-state index contributed by atoms with van der Waals surface area (Å²) in [6.45, 7) is 5.06. The van der Waals surface area contributed by atoms with Crippen molar-refractivity contribution in [2.24, 2.45) is 0 Å². The number of thiazole rings is 1. The first-order valence-corrected chi connectivity index (χ1v) is 7.39. The van der Waals surface area contributed by atoms with Gasteiger partial charge in [-0.15, -0.1) is 11.3 Å². The maximum Gasteiger partial charge on any atom is 0.251 e. The molecular formula is C13H15ClN4OS. The third kappa shape index (κ3) is 3.91. The molecule has 0 bridgehead atoms. The average Bonchev–Trinajstić information content (AvgIpc) is 2.81. The second kappa shape index (κ2) is 6.67. The first-order chi connectivity index (χ1) is 9.58. The highest BCUT2D eigenvalue weighted by atomic mass is 35.5. The molecule has 0 radical (unpaired) electrons. The summed E-state index contributed by atoms with van der Waals surface area (Å²) in [4.78, 5) is 21.5. The molecule has 0 fully saturated rings. The fourth-order valence-electron chi connectivity index (χ4n) is 1.64. The number of nitrogens with zero attached hydrogens (tertiary/aromatic N) is 2. The van der Waals surface area contributed by atoms with E-state index in [-0.39, 0.29) is 5.91 Å². The van der Waals surface area contributed by atoms with E-state index >= 15 is 0 Å². The van der Waals surface area contributed by atoms with Crippen LogP contribution in [0.1, 0.15) is 27.2 Å². The summed E-state index contributed by atoms with van der Waals surface area (Å²) in [5, 5.41) is 7.02. The largest absolute Gasteiger partial charge is 0.370 e. The Bertz CT molecular complexity index is 614. The number of pyridine rings is 1. The molecule has 0 saturated heterocycles. The summed E-state index contributed by atoms with van der Waals surface area (Å²) in [6.07, 6.45) is 1.79. The number of aryl methyl sites for hydroxylation is 1. The second-order valence-electron chi connectivity index (χ2n) is 4.14.